The summed E-state index contributed by atoms with van der Waals surface area (Å²) >= 11 is 0. The topological polar surface area (TPSA) is 105 Å². The Hall–Kier alpha value is -3.31. The van der Waals surface area contributed by atoms with Gasteiger partial charge in [0.2, 0.25) is 0 Å². The Labute approximate surface area is 151 Å². The SMILES string of the molecule is COc1ccc(S(=O)(=O)NC(=O)/C=C\c2ccccc2C#N)c(OC)c1. The number of methoxy groups -OCH3 is 2. The van der Waals surface area contributed by atoms with Crippen LogP contribution in [0.3, 0.4) is 0 Å². The van der Waals surface area contributed by atoms with Crippen molar-refractivity contribution in [3.8, 4) is 17.6 Å². The van der Waals surface area contributed by atoms with Crippen LogP contribution in [0.2, 0.25) is 0 Å². The number of rotatable bonds is 6. The Kier molecular flexibility index (Phi) is 5.98. The van der Waals surface area contributed by atoms with Crippen molar-refractivity contribution in [2.75, 3.05) is 14.2 Å². The lowest BCUT2D eigenvalue weighted by Crippen LogP contribution is -2.29. The molecule has 2 rings (SSSR count). The molecule has 0 aromatic heterocycles. The average molecular weight is 372 g/mol. The number of hydrogen-bond acceptors (Lipinski definition) is 6. The standard InChI is InChI=1S/C18H16N2O5S/c1-24-15-8-9-17(16(11-15)25-2)26(22,23)20-18(21)10-7-13-5-3-4-6-14(13)12-19/h3-11H,1-2H3,(H,20,21)/b10-7-. The molecule has 0 aliphatic carbocycles. The van der Waals surface area contributed by atoms with E-state index >= 15 is 0 Å². The van der Waals surface area contributed by atoms with E-state index in [1.165, 1.54) is 38.5 Å². The zero-order chi connectivity index (χ0) is 19.2. The summed E-state index contributed by atoms with van der Waals surface area (Å²) in [5.74, 6) is -0.390. The molecule has 0 aliphatic rings. The highest BCUT2D eigenvalue weighted by Gasteiger charge is 2.21. The molecule has 0 atom stereocenters. The minimum Gasteiger partial charge on any atom is -0.497 e. The van der Waals surface area contributed by atoms with Gasteiger partial charge in [-0.2, -0.15) is 5.26 Å². The number of benzene rings is 2. The van der Waals surface area contributed by atoms with Gasteiger partial charge < -0.3 is 9.47 Å². The largest absolute Gasteiger partial charge is 0.497 e. The monoisotopic (exact) mass is 372 g/mol. The summed E-state index contributed by atoms with van der Waals surface area (Å²) in [5.41, 5.74) is 0.876. The van der Waals surface area contributed by atoms with Gasteiger partial charge in [-0.1, -0.05) is 18.2 Å². The maximum atomic E-state index is 12.4. The third-order valence-corrected chi connectivity index (χ3v) is 4.78. The van der Waals surface area contributed by atoms with Gasteiger partial charge in [-0.15, -0.1) is 0 Å². The van der Waals surface area contributed by atoms with Gasteiger partial charge in [0, 0.05) is 12.1 Å². The van der Waals surface area contributed by atoms with Crippen molar-refractivity contribution >= 4 is 22.0 Å². The van der Waals surface area contributed by atoms with Crippen molar-refractivity contribution in [3.63, 3.8) is 0 Å². The summed E-state index contributed by atoms with van der Waals surface area (Å²) in [5, 5.41) is 9.01. The Morgan fingerprint density at radius 2 is 1.88 bits per heavy atom. The molecule has 0 fully saturated rings. The molecule has 2 aromatic rings. The molecule has 0 spiro atoms. The number of sulfonamides is 1. The molecular weight excluding hydrogens is 356 g/mol. The number of nitrogens with one attached hydrogen (secondary N) is 1. The third-order valence-electron chi connectivity index (χ3n) is 3.39. The van der Waals surface area contributed by atoms with Gasteiger partial charge in [-0.25, -0.2) is 13.1 Å². The molecule has 0 saturated carbocycles. The predicted molar refractivity (Wildman–Crippen MR) is 95.1 cm³/mol. The molecule has 26 heavy (non-hydrogen) atoms. The molecule has 1 N–H and O–H groups in total. The van der Waals surface area contributed by atoms with Crippen molar-refractivity contribution in [1.29, 1.82) is 5.26 Å². The molecule has 0 heterocycles. The fourth-order valence-corrected chi connectivity index (χ4v) is 3.23. The molecule has 0 radical (unpaired) electrons. The van der Waals surface area contributed by atoms with Crippen LogP contribution >= 0.6 is 0 Å². The summed E-state index contributed by atoms with van der Waals surface area (Å²) in [6.45, 7) is 0. The van der Waals surface area contributed by atoms with E-state index in [2.05, 4.69) is 0 Å². The molecule has 0 aliphatic heterocycles. The van der Waals surface area contributed by atoms with Crippen molar-refractivity contribution in [3.05, 3.63) is 59.7 Å². The Bertz CT molecular complexity index is 991. The lowest BCUT2D eigenvalue weighted by Gasteiger charge is -2.11. The minimum absolute atomic E-state index is 0.0449. The normalized spacial score (nSPS) is 11.0. The number of carbonyl (C=O) groups excluding carboxylic acids is 1. The fourth-order valence-electron chi connectivity index (χ4n) is 2.13. The maximum Gasteiger partial charge on any atom is 0.267 e. The van der Waals surface area contributed by atoms with Crippen molar-refractivity contribution < 1.29 is 22.7 Å². The highest BCUT2D eigenvalue weighted by Crippen LogP contribution is 2.28. The maximum absolute atomic E-state index is 12.4. The number of carbonyl (C=O) groups is 1. The molecule has 134 valence electrons. The van der Waals surface area contributed by atoms with Crippen LogP contribution in [-0.2, 0) is 14.8 Å². The van der Waals surface area contributed by atoms with Crippen molar-refractivity contribution in [2.45, 2.75) is 4.90 Å². The van der Waals surface area contributed by atoms with Gasteiger partial charge in [-0.3, -0.25) is 4.79 Å². The minimum atomic E-state index is -4.14. The van der Waals surface area contributed by atoms with E-state index < -0.39 is 15.9 Å². The average Bonchev–Trinajstić information content (AvgIpc) is 2.65. The zero-order valence-corrected chi connectivity index (χ0v) is 14.9. The van der Waals surface area contributed by atoms with Gasteiger partial charge in [0.25, 0.3) is 15.9 Å². The number of amides is 1. The van der Waals surface area contributed by atoms with Gasteiger partial charge in [0.05, 0.1) is 25.9 Å². The molecule has 0 saturated heterocycles. The van der Waals surface area contributed by atoms with E-state index in [0.717, 1.165) is 6.08 Å². The van der Waals surface area contributed by atoms with Crippen LogP contribution in [0.4, 0.5) is 0 Å². The van der Waals surface area contributed by atoms with Crippen LogP contribution in [0.5, 0.6) is 11.5 Å². The van der Waals surface area contributed by atoms with E-state index in [0.29, 0.717) is 16.9 Å². The van der Waals surface area contributed by atoms with Gasteiger partial charge >= 0.3 is 0 Å². The quantitative estimate of drug-likeness (QED) is 0.779. The number of hydrogen-bond donors (Lipinski definition) is 1. The molecule has 1 amide bonds. The predicted octanol–water partition coefficient (Wildman–Crippen LogP) is 2.09. The van der Waals surface area contributed by atoms with Gasteiger partial charge in [0.15, 0.2) is 0 Å². The highest BCUT2D eigenvalue weighted by atomic mass is 32.2. The number of nitriles is 1. The fraction of sp³-hybridized carbons (Fsp3) is 0.111. The van der Waals surface area contributed by atoms with E-state index in [1.807, 2.05) is 10.8 Å². The molecule has 0 bridgehead atoms. The summed E-state index contributed by atoms with van der Waals surface area (Å²) in [6, 6.07) is 12.7. The molecule has 2 aromatic carbocycles. The smallest absolute Gasteiger partial charge is 0.267 e. The van der Waals surface area contributed by atoms with Gasteiger partial charge in [-0.05, 0) is 29.8 Å². The lowest BCUT2D eigenvalue weighted by atomic mass is 10.1. The second-order valence-electron chi connectivity index (χ2n) is 5.02. The van der Waals surface area contributed by atoms with Crippen LogP contribution in [0.25, 0.3) is 6.08 Å². The first-order chi connectivity index (χ1) is 12.4. The van der Waals surface area contributed by atoms with Crippen molar-refractivity contribution in [2.24, 2.45) is 0 Å². The first-order valence-electron chi connectivity index (χ1n) is 7.37. The van der Waals surface area contributed by atoms with E-state index in [-0.39, 0.29) is 10.6 Å². The van der Waals surface area contributed by atoms with Crippen LogP contribution in [0.1, 0.15) is 11.1 Å². The Morgan fingerprint density at radius 1 is 1.15 bits per heavy atom. The third kappa shape index (κ3) is 4.40. The second kappa shape index (κ2) is 8.18. The van der Waals surface area contributed by atoms with E-state index in [9.17, 15) is 13.2 Å². The molecule has 7 nitrogen and oxygen atoms in total. The van der Waals surface area contributed by atoms with E-state index in [4.69, 9.17) is 14.7 Å². The van der Waals surface area contributed by atoms with E-state index in [1.54, 1.807) is 24.3 Å². The summed E-state index contributed by atoms with van der Waals surface area (Å²) in [6.07, 6.45) is 2.42. The molecule has 8 heteroatoms. The Morgan fingerprint density at radius 3 is 2.54 bits per heavy atom. The number of ether oxygens (including phenoxy) is 2. The van der Waals surface area contributed by atoms with Crippen molar-refractivity contribution in [1.82, 2.24) is 4.72 Å². The van der Waals surface area contributed by atoms with Gasteiger partial charge in [0.1, 0.15) is 16.4 Å². The zero-order valence-electron chi connectivity index (χ0n) is 14.1. The molecule has 0 unspecified atom stereocenters. The molecular formula is C18H16N2O5S. The van der Waals surface area contributed by atoms with Crippen LogP contribution in [0, 0.1) is 11.3 Å². The first kappa shape index (κ1) is 19.0. The first-order valence-corrected chi connectivity index (χ1v) is 8.85. The second-order valence-corrected chi connectivity index (χ2v) is 6.67. The highest BCUT2D eigenvalue weighted by molar-refractivity contribution is 7.90. The Balaban J connectivity index is 2.23. The van der Waals surface area contributed by atoms with Crippen LogP contribution in [0.15, 0.2) is 53.4 Å². The van der Waals surface area contributed by atoms with Crippen LogP contribution in [-0.4, -0.2) is 28.5 Å². The summed E-state index contributed by atoms with van der Waals surface area (Å²) < 4.78 is 36.8. The lowest BCUT2D eigenvalue weighted by molar-refractivity contribution is -0.114. The summed E-state index contributed by atoms with van der Waals surface area (Å²) in [4.78, 5) is 11.8. The summed E-state index contributed by atoms with van der Waals surface area (Å²) in [7, 11) is -1.39. The number of nitrogens with zero attached hydrogens (tertiary/aromatic N) is 1. The van der Waals surface area contributed by atoms with Crippen LogP contribution < -0.4 is 14.2 Å².